The number of halogens is 1. The van der Waals surface area contributed by atoms with Crippen molar-refractivity contribution in [1.82, 2.24) is 9.55 Å². The van der Waals surface area contributed by atoms with Crippen LogP contribution in [0.1, 0.15) is 4.79 Å². The fourth-order valence-electron chi connectivity index (χ4n) is 1.22. The maximum atomic E-state index is 11.4. The summed E-state index contributed by atoms with van der Waals surface area (Å²) >= 11 is 3.12. The minimum absolute atomic E-state index is 0.00583. The second-order valence-corrected chi connectivity index (χ2v) is 3.19. The maximum absolute atomic E-state index is 11.4. The first-order valence-electron chi connectivity index (χ1n) is 3.84. The summed E-state index contributed by atoms with van der Waals surface area (Å²) in [7, 11) is 0. The molecule has 1 heterocycles. The number of carbonyl (C=O) groups excluding carboxylic acids is 1. The van der Waals surface area contributed by atoms with Gasteiger partial charge in [-0.3, -0.25) is 9.36 Å². The molecule has 0 spiro atoms. The molecule has 0 aliphatic heterocycles. The van der Waals surface area contributed by atoms with Crippen molar-refractivity contribution in [2.24, 2.45) is 0 Å². The molecule has 2 rings (SSSR count). The van der Waals surface area contributed by atoms with Crippen molar-refractivity contribution in [3.63, 3.8) is 0 Å². The van der Waals surface area contributed by atoms with Crippen molar-refractivity contribution in [1.29, 1.82) is 0 Å². The van der Waals surface area contributed by atoms with Crippen LogP contribution in [0.3, 0.4) is 0 Å². The number of carbonyl (C=O) groups is 1. The first-order valence-corrected chi connectivity index (χ1v) is 4.96. The standard InChI is InChI=1S/C9H7BrN2O/c10-5-9(13)12-6-11-7-3-1-2-4-8(7)12/h1-4,6H,5H2. The topological polar surface area (TPSA) is 34.9 Å². The molecule has 1 aromatic heterocycles. The second kappa shape index (κ2) is 3.30. The zero-order valence-corrected chi connectivity index (χ0v) is 8.36. The van der Waals surface area contributed by atoms with E-state index >= 15 is 0 Å². The van der Waals surface area contributed by atoms with Gasteiger partial charge in [-0.1, -0.05) is 28.1 Å². The van der Waals surface area contributed by atoms with E-state index in [1.54, 1.807) is 10.9 Å². The molecule has 0 amide bonds. The number of rotatable bonds is 1. The fourth-order valence-corrected chi connectivity index (χ4v) is 1.49. The fraction of sp³-hybridized carbons (Fsp3) is 0.111. The molecule has 0 unspecified atom stereocenters. The predicted octanol–water partition coefficient (Wildman–Crippen LogP) is 2.07. The summed E-state index contributed by atoms with van der Waals surface area (Å²) in [5, 5.41) is 0.313. The van der Waals surface area contributed by atoms with E-state index in [0.29, 0.717) is 5.33 Å². The summed E-state index contributed by atoms with van der Waals surface area (Å²) in [5.41, 5.74) is 1.70. The Hall–Kier alpha value is -1.16. The lowest BCUT2D eigenvalue weighted by Gasteiger charge is -1.97. The molecule has 0 N–H and O–H groups in total. The van der Waals surface area contributed by atoms with Crippen LogP contribution in [0.4, 0.5) is 0 Å². The second-order valence-electron chi connectivity index (χ2n) is 2.63. The Morgan fingerprint density at radius 2 is 2.23 bits per heavy atom. The first-order chi connectivity index (χ1) is 6.33. The third-order valence-corrected chi connectivity index (χ3v) is 2.32. The van der Waals surface area contributed by atoms with E-state index in [9.17, 15) is 4.79 Å². The molecule has 0 aliphatic carbocycles. The molecule has 0 atom stereocenters. The van der Waals surface area contributed by atoms with Crippen molar-refractivity contribution in [3.8, 4) is 0 Å². The van der Waals surface area contributed by atoms with E-state index in [1.807, 2.05) is 24.3 Å². The number of hydrogen-bond donors (Lipinski definition) is 0. The number of para-hydroxylation sites is 2. The van der Waals surface area contributed by atoms with E-state index in [1.165, 1.54) is 0 Å². The lowest BCUT2D eigenvalue weighted by molar-refractivity contribution is 0.0947. The third-order valence-electron chi connectivity index (χ3n) is 1.84. The van der Waals surface area contributed by atoms with Crippen LogP contribution in [-0.4, -0.2) is 20.8 Å². The molecule has 0 aliphatic rings. The highest BCUT2D eigenvalue weighted by Crippen LogP contribution is 2.11. The highest BCUT2D eigenvalue weighted by atomic mass is 79.9. The zero-order valence-electron chi connectivity index (χ0n) is 6.77. The molecule has 0 bridgehead atoms. The smallest absolute Gasteiger partial charge is 0.242 e. The van der Waals surface area contributed by atoms with Gasteiger partial charge in [0.15, 0.2) is 0 Å². The molecule has 66 valence electrons. The van der Waals surface area contributed by atoms with Gasteiger partial charge in [0.2, 0.25) is 5.91 Å². The van der Waals surface area contributed by atoms with Crippen molar-refractivity contribution < 1.29 is 4.79 Å². The summed E-state index contributed by atoms with van der Waals surface area (Å²) in [6.45, 7) is 0. The van der Waals surface area contributed by atoms with Gasteiger partial charge in [-0.15, -0.1) is 0 Å². The monoisotopic (exact) mass is 238 g/mol. The number of fused-ring (bicyclic) bond motifs is 1. The molecule has 4 heteroatoms. The molecule has 0 saturated carbocycles. The van der Waals surface area contributed by atoms with Crippen LogP contribution in [0.25, 0.3) is 11.0 Å². The quantitative estimate of drug-likeness (QED) is 0.714. The van der Waals surface area contributed by atoms with Gasteiger partial charge in [0.1, 0.15) is 6.33 Å². The SMILES string of the molecule is O=C(CBr)n1cnc2ccccc21. The Labute approximate surface area is 83.5 Å². The molecule has 0 radical (unpaired) electrons. The van der Waals surface area contributed by atoms with Crippen molar-refractivity contribution in [3.05, 3.63) is 30.6 Å². The average Bonchev–Trinajstić information content (AvgIpc) is 2.60. The molecule has 13 heavy (non-hydrogen) atoms. The van der Waals surface area contributed by atoms with Gasteiger partial charge in [-0.25, -0.2) is 4.98 Å². The molecule has 2 aromatic rings. The number of hydrogen-bond acceptors (Lipinski definition) is 2. The van der Waals surface area contributed by atoms with Crippen LogP contribution in [0.2, 0.25) is 0 Å². The highest BCUT2D eigenvalue weighted by Gasteiger charge is 2.06. The van der Waals surface area contributed by atoms with Gasteiger partial charge in [0.05, 0.1) is 16.4 Å². The van der Waals surface area contributed by atoms with Gasteiger partial charge in [-0.05, 0) is 12.1 Å². The van der Waals surface area contributed by atoms with Gasteiger partial charge < -0.3 is 0 Å². The largest absolute Gasteiger partial charge is 0.273 e. The van der Waals surface area contributed by atoms with Crippen LogP contribution >= 0.6 is 15.9 Å². The molecule has 0 saturated heterocycles. The Balaban J connectivity index is 2.64. The van der Waals surface area contributed by atoms with E-state index < -0.39 is 0 Å². The van der Waals surface area contributed by atoms with Gasteiger partial charge in [0, 0.05) is 0 Å². The van der Waals surface area contributed by atoms with E-state index in [0.717, 1.165) is 11.0 Å². The van der Waals surface area contributed by atoms with Gasteiger partial charge >= 0.3 is 0 Å². The third kappa shape index (κ3) is 1.37. The lowest BCUT2D eigenvalue weighted by atomic mass is 10.3. The summed E-state index contributed by atoms with van der Waals surface area (Å²) in [6.07, 6.45) is 1.55. The van der Waals surface area contributed by atoms with Crippen molar-refractivity contribution >= 4 is 32.9 Å². The average molecular weight is 239 g/mol. The van der Waals surface area contributed by atoms with Crippen LogP contribution in [0.15, 0.2) is 30.6 Å². The number of benzene rings is 1. The normalized spacial score (nSPS) is 10.5. The van der Waals surface area contributed by atoms with Gasteiger partial charge in [-0.2, -0.15) is 0 Å². The Kier molecular flexibility index (Phi) is 2.14. The minimum atomic E-state index is -0.00583. The maximum Gasteiger partial charge on any atom is 0.242 e. The Morgan fingerprint density at radius 3 is 3.00 bits per heavy atom. The minimum Gasteiger partial charge on any atom is -0.273 e. The van der Waals surface area contributed by atoms with Gasteiger partial charge in [0.25, 0.3) is 0 Å². The van der Waals surface area contributed by atoms with Crippen LogP contribution < -0.4 is 0 Å². The molecular formula is C9H7BrN2O. The predicted molar refractivity (Wildman–Crippen MR) is 54.2 cm³/mol. The zero-order chi connectivity index (χ0) is 9.26. The van der Waals surface area contributed by atoms with Crippen LogP contribution in [0.5, 0.6) is 0 Å². The molecule has 1 aromatic carbocycles. The molecule has 0 fully saturated rings. The number of aromatic nitrogens is 2. The molecular weight excluding hydrogens is 232 g/mol. The number of nitrogens with zero attached hydrogens (tertiary/aromatic N) is 2. The van der Waals surface area contributed by atoms with Crippen LogP contribution in [-0.2, 0) is 0 Å². The Bertz CT molecular complexity index is 450. The van der Waals surface area contributed by atoms with Crippen molar-refractivity contribution in [2.75, 3.05) is 5.33 Å². The van der Waals surface area contributed by atoms with E-state index in [2.05, 4.69) is 20.9 Å². The number of imidazole rings is 1. The van der Waals surface area contributed by atoms with Crippen LogP contribution in [0, 0.1) is 0 Å². The van der Waals surface area contributed by atoms with Crippen molar-refractivity contribution in [2.45, 2.75) is 0 Å². The van der Waals surface area contributed by atoms with E-state index in [4.69, 9.17) is 0 Å². The highest BCUT2D eigenvalue weighted by molar-refractivity contribution is 9.09. The Morgan fingerprint density at radius 1 is 1.46 bits per heavy atom. The summed E-state index contributed by atoms with van der Waals surface area (Å²) in [6, 6.07) is 7.55. The lowest BCUT2D eigenvalue weighted by Crippen LogP contribution is -2.09. The number of alkyl halides is 1. The summed E-state index contributed by atoms with van der Waals surface area (Å²) < 4.78 is 1.55. The first kappa shape index (κ1) is 8.44. The molecule has 3 nitrogen and oxygen atoms in total. The summed E-state index contributed by atoms with van der Waals surface area (Å²) in [4.78, 5) is 15.5. The van der Waals surface area contributed by atoms with E-state index in [-0.39, 0.29) is 5.91 Å². The summed E-state index contributed by atoms with van der Waals surface area (Å²) in [5.74, 6) is -0.00583.